The summed E-state index contributed by atoms with van der Waals surface area (Å²) in [6.07, 6.45) is 0. The summed E-state index contributed by atoms with van der Waals surface area (Å²) in [6.45, 7) is 0. The minimum Gasteiger partial charge on any atom is -0.537 e. The van der Waals surface area contributed by atoms with Gasteiger partial charge in [0.1, 0.15) is 5.75 Å². The number of benzene rings is 6. The van der Waals surface area contributed by atoms with Gasteiger partial charge >= 0.3 is 7.69 Å². The highest BCUT2D eigenvalue weighted by atomic mass is 16.5. The van der Waals surface area contributed by atoms with Gasteiger partial charge in [-0.2, -0.15) is 0 Å². The van der Waals surface area contributed by atoms with Crippen LogP contribution in [-0.2, 0) is 0 Å². The van der Waals surface area contributed by atoms with Crippen LogP contribution in [0.5, 0.6) is 5.75 Å². The zero-order valence-electron chi connectivity index (χ0n) is 20.7. The van der Waals surface area contributed by atoms with Crippen LogP contribution in [0.25, 0.3) is 33.0 Å². The highest BCUT2D eigenvalue weighted by molar-refractivity contribution is 6.17. The van der Waals surface area contributed by atoms with Crippen molar-refractivity contribution in [3.63, 3.8) is 0 Å². The molecule has 0 spiro atoms. The average molecular weight is 490 g/mol. The molecule has 0 saturated carbocycles. The highest BCUT2D eigenvalue weighted by Gasteiger charge is 2.15. The van der Waals surface area contributed by atoms with Gasteiger partial charge in [-0.1, -0.05) is 97.1 Å². The van der Waals surface area contributed by atoms with Crippen molar-refractivity contribution in [3.8, 4) is 28.0 Å². The molecule has 0 atom stereocenters. The van der Waals surface area contributed by atoms with Crippen molar-refractivity contribution < 1.29 is 9.68 Å². The third kappa shape index (κ3) is 4.78. The van der Waals surface area contributed by atoms with Crippen LogP contribution in [0.15, 0.2) is 146 Å². The highest BCUT2D eigenvalue weighted by Crippen LogP contribution is 2.39. The lowest BCUT2D eigenvalue weighted by Gasteiger charge is -2.26. The number of anilines is 3. The summed E-state index contributed by atoms with van der Waals surface area (Å²) in [7, 11) is 0.697. The van der Waals surface area contributed by atoms with E-state index in [0.29, 0.717) is 13.4 Å². The lowest BCUT2D eigenvalue weighted by atomic mass is 9.97. The van der Waals surface area contributed by atoms with Crippen molar-refractivity contribution in [3.05, 3.63) is 146 Å². The predicted octanol–water partition coefficient (Wildman–Crippen LogP) is 8.55. The van der Waals surface area contributed by atoms with E-state index in [0.717, 1.165) is 22.6 Å². The molecule has 38 heavy (non-hydrogen) atoms. The smallest absolute Gasteiger partial charge is 0.537 e. The molecule has 6 aromatic rings. The molecule has 4 heteroatoms. The van der Waals surface area contributed by atoms with Gasteiger partial charge in [0.25, 0.3) is 0 Å². The standard InChI is InChI=1S/C34H25BNO2/c37-35-38-32-22-20-30(21-23-32)36(29-18-16-26(17-19-29)25-8-2-1-3-9-25)31-13-6-12-28(24-31)34-15-7-11-27-10-4-5-14-33(27)34/h1-24,37H. The van der Waals surface area contributed by atoms with Crippen molar-refractivity contribution in [1.29, 1.82) is 0 Å². The Bertz CT molecular complexity index is 1660. The van der Waals surface area contributed by atoms with E-state index >= 15 is 0 Å². The van der Waals surface area contributed by atoms with Crippen molar-refractivity contribution in [2.75, 3.05) is 4.90 Å². The van der Waals surface area contributed by atoms with E-state index in [1.807, 2.05) is 30.3 Å². The first-order chi connectivity index (χ1) is 18.8. The zero-order valence-corrected chi connectivity index (χ0v) is 20.7. The van der Waals surface area contributed by atoms with Crippen LogP contribution in [0.3, 0.4) is 0 Å². The van der Waals surface area contributed by atoms with Crippen molar-refractivity contribution >= 4 is 35.5 Å². The molecule has 0 unspecified atom stereocenters. The first-order valence-corrected chi connectivity index (χ1v) is 12.6. The third-order valence-electron chi connectivity index (χ3n) is 6.72. The van der Waals surface area contributed by atoms with Gasteiger partial charge in [-0.15, -0.1) is 0 Å². The first-order valence-electron chi connectivity index (χ1n) is 12.6. The molecule has 0 aliphatic carbocycles. The second-order valence-corrected chi connectivity index (χ2v) is 9.04. The predicted molar refractivity (Wildman–Crippen MR) is 158 cm³/mol. The normalized spacial score (nSPS) is 10.8. The molecule has 6 rings (SSSR count). The van der Waals surface area contributed by atoms with Gasteiger partial charge in [-0.05, 0) is 81.6 Å². The quantitative estimate of drug-likeness (QED) is 0.228. The van der Waals surface area contributed by atoms with E-state index in [1.165, 1.54) is 27.5 Å². The molecule has 1 N–H and O–H groups in total. The number of fused-ring (bicyclic) bond motifs is 1. The monoisotopic (exact) mass is 490 g/mol. The Morgan fingerprint density at radius 2 is 1.11 bits per heavy atom. The van der Waals surface area contributed by atoms with Gasteiger partial charge in [0, 0.05) is 17.1 Å². The van der Waals surface area contributed by atoms with E-state index in [2.05, 4.69) is 120 Å². The van der Waals surface area contributed by atoms with E-state index in [4.69, 9.17) is 9.68 Å². The summed E-state index contributed by atoms with van der Waals surface area (Å²) in [4.78, 5) is 2.23. The lowest BCUT2D eigenvalue weighted by Crippen LogP contribution is -2.10. The van der Waals surface area contributed by atoms with Crippen LogP contribution < -0.4 is 9.55 Å². The average Bonchev–Trinajstić information content (AvgIpc) is 2.99. The van der Waals surface area contributed by atoms with Crippen LogP contribution in [0.4, 0.5) is 17.1 Å². The molecule has 0 saturated heterocycles. The fourth-order valence-electron chi connectivity index (χ4n) is 4.91. The molecule has 1 radical (unpaired) electrons. The maximum Gasteiger partial charge on any atom is 0.569 e. The summed E-state index contributed by atoms with van der Waals surface area (Å²) < 4.78 is 5.15. The summed E-state index contributed by atoms with van der Waals surface area (Å²) >= 11 is 0. The van der Waals surface area contributed by atoms with Gasteiger partial charge in [-0.25, -0.2) is 0 Å². The molecule has 0 aliphatic rings. The second kappa shape index (κ2) is 10.7. The SMILES string of the molecule is O[B]Oc1ccc(N(c2ccc(-c3ccccc3)cc2)c2cccc(-c3cccc4ccccc34)c2)cc1. The Morgan fingerprint density at radius 3 is 1.87 bits per heavy atom. The van der Waals surface area contributed by atoms with E-state index in [9.17, 15) is 0 Å². The molecule has 0 bridgehead atoms. The van der Waals surface area contributed by atoms with Crippen molar-refractivity contribution in [1.82, 2.24) is 0 Å². The fourth-order valence-corrected chi connectivity index (χ4v) is 4.91. The van der Waals surface area contributed by atoms with Crippen LogP contribution in [0, 0.1) is 0 Å². The number of rotatable bonds is 7. The van der Waals surface area contributed by atoms with Gasteiger partial charge in [0.15, 0.2) is 0 Å². The van der Waals surface area contributed by atoms with E-state index < -0.39 is 0 Å². The van der Waals surface area contributed by atoms with Crippen LogP contribution in [-0.4, -0.2) is 12.7 Å². The Kier molecular flexibility index (Phi) is 6.63. The van der Waals surface area contributed by atoms with Crippen molar-refractivity contribution in [2.45, 2.75) is 0 Å². The van der Waals surface area contributed by atoms with Crippen molar-refractivity contribution in [2.24, 2.45) is 0 Å². The van der Waals surface area contributed by atoms with Crippen LogP contribution in [0.2, 0.25) is 0 Å². The van der Waals surface area contributed by atoms with E-state index in [-0.39, 0.29) is 0 Å². The summed E-state index contributed by atoms with van der Waals surface area (Å²) in [5.74, 6) is 0.570. The van der Waals surface area contributed by atoms with Crippen LogP contribution >= 0.6 is 0 Å². The lowest BCUT2D eigenvalue weighted by molar-refractivity contribution is 0.454. The molecule has 0 aromatic heterocycles. The van der Waals surface area contributed by atoms with Crippen LogP contribution in [0.1, 0.15) is 0 Å². The number of hydrogen-bond acceptors (Lipinski definition) is 3. The minimum atomic E-state index is 0.570. The van der Waals surface area contributed by atoms with Gasteiger partial charge in [0.05, 0.1) is 0 Å². The summed E-state index contributed by atoms with van der Waals surface area (Å²) in [5, 5.41) is 11.5. The maximum atomic E-state index is 9.03. The Labute approximate surface area is 223 Å². The van der Waals surface area contributed by atoms with Gasteiger partial charge in [0.2, 0.25) is 0 Å². The number of nitrogens with zero attached hydrogens (tertiary/aromatic N) is 1. The summed E-state index contributed by atoms with van der Waals surface area (Å²) in [5.41, 5.74) is 7.78. The minimum absolute atomic E-state index is 0.570. The number of hydrogen-bond donors (Lipinski definition) is 1. The summed E-state index contributed by atoms with van der Waals surface area (Å²) in [6, 6.07) is 50.3. The Morgan fingerprint density at radius 1 is 0.500 bits per heavy atom. The zero-order chi connectivity index (χ0) is 25.7. The molecular formula is C34H25BNO2. The Balaban J connectivity index is 1.45. The molecule has 181 valence electrons. The Hall–Kier alpha value is -4.80. The molecule has 3 nitrogen and oxygen atoms in total. The fraction of sp³-hybridized carbons (Fsp3) is 0. The van der Waals surface area contributed by atoms with Gasteiger partial charge < -0.3 is 14.6 Å². The largest absolute Gasteiger partial charge is 0.569 e. The van der Waals surface area contributed by atoms with Gasteiger partial charge in [-0.3, -0.25) is 0 Å². The third-order valence-corrected chi connectivity index (χ3v) is 6.72. The molecule has 0 aliphatic heterocycles. The molecule has 6 aromatic carbocycles. The second-order valence-electron chi connectivity index (χ2n) is 9.04. The molecule has 0 amide bonds. The molecule has 0 heterocycles. The van der Waals surface area contributed by atoms with E-state index in [1.54, 1.807) is 0 Å². The molecule has 0 fully saturated rings. The first kappa shape index (κ1) is 23.6. The topological polar surface area (TPSA) is 32.7 Å². The molecular weight excluding hydrogens is 465 g/mol. The maximum absolute atomic E-state index is 9.03.